The van der Waals surface area contributed by atoms with Crippen molar-refractivity contribution in [3.05, 3.63) is 0 Å². The van der Waals surface area contributed by atoms with Crippen LogP contribution in [0.1, 0.15) is 97.8 Å². The molecule has 5 heteroatoms. The van der Waals surface area contributed by atoms with E-state index in [1.807, 2.05) is 13.8 Å². The average molecular weight is 363 g/mol. The number of carboxylic acid groups (broad SMARTS) is 2. The zero-order valence-electron chi connectivity index (χ0n) is 15.9. The number of rotatable bonds is 15. The van der Waals surface area contributed by atoms with E-state index in [1.54, 1.807) is 11.8 Å². The SMILES string of the molecule is CCCC(=O)O.CCCCCCCCCCCSC(CC)C(=O)O. The molecule has 0 saturated heterocycles. The number of thioether (sulfide) groups is 1. The Bertz CT molecular complexity index is 295. The highest BCUT2D eigenvalue weighted by Gasteiger charge is 2.14. The van der Waals surface area contributed by atoms with Crippen LogP contribution in [0.3, 0.4) is 0 Å². The van der Waals surface area contributed by atoms with Gasteiger partial charge in [-0.2, -0.15) is 0 Å². The van der Waals surface area contributed by atoms with E-state index in [9.17, 15) is 9.59 Å². The van der Waals surface area contributed by atoms with Gasteiger partial charge in [-0.3, -0.25) is 9.59 Å². The highest BCUT2D eigenvalue weighted by Crippen LogP contribution is 2.17. The largest absolute Gasteiger partial charge is 0.481 e. The summed E-state index contributed by atoms with van der Waals surface area (Å²) in [4.78, 5) is 20.4. The van der Waals surface area contributed by atoms with E-state index in [4.69, 9.17) is 10.2 Å². The molecule has 4 nitrogen and oxygen atoms in total. The zero-order chi connectivity index (χ0) is 18.6. The molecule has 0 heterocycles. The quantitative estimate of drug-likeness (QED) is 0.350. The number of carboxylic acids is 2. The molecule has 0 amide bonds. The van der Waals surface area contributed by atoms with Crippen molar-refractivity contribution in [1.29, 1.82) is 0 Å². The van der Waals surface area contributed by atoms with Gasteiger partial charge in [0.05, 0.1) is 0 Å². The highest BCUT2D eigenvalue weighted by atomic mass is 32.2. The van der Waals surface area contributed by atoms with Gasteiger partial charge in [-0.15, -0.1) is 11.8 Å². The summed E-state index contributed by atoms with van der Waals surface area (Å²) in [6, 6.07) is 0. The Balaban J connectivity index is 0. The molecule has 0 fully saturated rings. The molecular weight excluding hydrogens is 324 g/mol. The summed E-state index contributed by atoms with van der Waals surface area (Å²) in [5.41, 5.74) is 0. The van der Waals surface area contributed by atoms with Crippen LogP contribution >= 0.6 is 11.8 Å². The molecule has 0 aromatic heterocycles. The van der Waals surface area contributed by atoms with Crippen molar-refractivity contribution in [2.24, 2.45) is 0 Å². The third kappa shape index (κ3) is 21.3. The maximum absolute atomic E-state index is 10.8. The van der Waals surface area contributed by atoms with Crippen molar-refractivity contribution in [1.82, 2.24) is 0 Å². The molecule has 0 bridgehead atoms. The van der Waals surface area contributed by atoms with Gasteiger partial charge in [0, 0.05) is 6.42 Å². The van der Waals surface area contributed by atoms with Crippen molar-refractivity contribution < 1.29 is 19.8 Å². The molecule has 0 aromatic carbocycles. The third-order valence-corrected chi connectivity index (χ3v) is 5.14. The zero-order valence-corrected chi connectivity index (χ0v) is 16.7. The normalized spacial score (nSPS) is 11.5. The summed E-state index contributed by atoms with van der Waals surface area (Å²) in [6.07, 6.45) is 13.7. The van der Waals surface area contributed by atoms with Gasteiger partial charge in [0.2, 0.25) is 0 Å². The minimum Gasteiger partial charge on any atom is -0.481 e. The van der Waals surface area contributed by atoms with Crippen molar-refractivity contribution in [2.45, 2.75) is 103 Å². The van der Waals surface area contributed by atoms with E-state index in [-0.39, 0.29) is 5.25 Å². The van der Waals surface area contributed by atoms with Crippen LogP contribution in [-0.4, -0.2) is 33.2 Å². The molecule has 2 N–H and O–H groups in total. The van der Waals surface area contributed by atoms with Crippen molar-refractivity contribution in [3.8, 4) is 0 Å². The lowest BCUT2D eigenvalue weighted by Gasteiger charge is -2.08. The minimum absolute atomic E-state index is 0.195. The lowest BCUT2D eigenvalue weighted by atomic mass is 10.1. The molecule has 0 aliphatic carbocycles. The van der Waals surface area contributed by atoms with Gasteiger partial charge < -0.3 is 10.2 Å². The van der Waals surface area contributed by atoms with E-state index in [0.29, 0.717) is 6.42 Å². The molecule has 0 aliphatic rings. The molecule has 0 spiro atoms. The van der Waals surface area contributed by atoms with Crippen LogP contribution in [0.15, 0.2) is 0 Å². The van der Waals surface area contributed by atoms with Crippen LogP contribution in [0.2, 0.25) is 0 Å². The van der Waals surface area contributed by atoms with Crippen LogP contribution in [0.5, 0.6) is 0 Å². The van der Waals surface area contributed by atoms with Gasteiger partial charge in [0.15, 0.2) is 0 Å². The summed E-state index contributed by atoms with van der Waals surface area (Å²) < 4.78 is 0. The van der Waals surface area contributed by atoms with Crippen LogP contribution in [-0.2, 0) is 9.59 Å². The predicted molar refractivity (Wildman–Crippen MR) is 104 cm³/mol. The van der Waals surface area contributed by atoms with Gasteiger partial charge in [0.25, 0.3) is 0 Å². The molecule has 144 valence electrons. The fraction of sp³-hybridized carbons (Fsp3) is 0.895. The number of carbonyl (C=O) groups is 2. The maximum Gasteiger partial charge on any atom is 0.316 e. The summed E-state index contributed by atoms with van der Waals surface area (Å²) >= 11 is 1.60. The van der Waals surface area contributed by atoms with Gasteiger partial charge in [-0.1, -0.05) is 72.1 Å². The summed E-state index contributed by atoms with van der Waals surface area (Å²) in [6.45, 7) is 6.04. The summed E-state index contributed by atoms with van der Waals surface area (Å²) in [7, 11) is 0. The number of hydrogen-bond acceptors (Lipinski definition) is 3. The van der Waals surface area contributed by atoms with Crippen LogP contribution in [0, 0.1) is 0 Å². The molecule has 1 atom stereocenters. The van der Waals surface area contributed by atoms with Gasteiger partial charge in [-0.25, -0.2) is 0 Å². The maximum atomic E-state index is 10.8. The second kappa shape index (κ2) is 20.3. The lowest BCUT2D eigenvalue weighted by molar-refractivity contribution is -0.137. The van der Waals surface area contributed by atoms with E-state index < -0.39 is 11.9 Å². The fourth-order valence-corrected chi connectivity index (χ4v) is 3.25. The topological polar surface area (TPSA) is 74.6 Å². The van der Waals surface area contributed by atoms with Crippen LogP contribution in [0.4, 0.5) is 0 Å². The molecule has 0 radical (unpaired) electrons. The molecule has 0 rings (SSSR count). The Kier molecular flexibility index (Phi) is 21.6. The molecule has 1 unspecified atom stereocenters. The van der Waals surface area contributed by atoms with Crippen molar-refractivity contribution in [3.63, 3.8) is 0 Å². The summed E-state index contributed by atoms with van der Waals surface area (Å²) in [5.74, 6) is -0.364. The van der Waals surface area contributed by atoms with E-state index in [1.165, 1.54) is 57.8 Å². The van der Waals surface area contributed by atoms with Crippen LogP contribution < -0.4 is 0 Å². The number of unbranched alkanes of at least 4 members (excludes halogenated alkanes) is 8. The molecular formula is C19H38O4S. The summed E-state index contributed by atoms with van der Waals surface area (Å²) in [5, 5.41) is 16.6. The predicted octanol–water partition coefficient (Wildman–Crippen LogP) is 5.98. The molecule has 0 aromatic rings. The number of hydrogen-bond donors (Lipinski definition) is 2. The smallest absolute Gasteiger partial charge is 0.316 e. The first-order valence-corrected chi connectivity index (χ1v) is 10.6. The fourth-order valence-electron chi connectivity index (χ4n) is 2.22. The molecule has 0 saturated carbocycles. The molecule has 0 aliphatic heterocycles. The minimum atomic E-state index is -0.711. The van der Waals surface area contributed by atoms with Gasteiger partial charge in [0.1, 0.15) is 5.25 Å². The van der Waals surface area contributed by atoms with E-state index >= 15 is 0 Å². The first-order valence-electron chi connectivity index (χ1n) is 9.55. The average Bonchev–Trinajstić information content (AvgIpc) is 2.53. The Labute approximate surface area is 152 Å². The third-order valence-electron chi connectivity index (χ3n) is 3.68. The Hall–Kier alpha value is -0.710. The van der Waals surface area contributed by atoms with Crippen molar-refractivity contribution in [2.75, 3.05) is 5.75 Å². The second-order valence-corrected chi connectivity index (χ2v) is 7.39. The van der Waals surface area contributed by atoms with E-state index in [0.717, 1.165) is 18.6 Å². The first-order chi connectivity index (χ1) is 11.5. The van der Waals surface area contributed by atoms with Gasteiger partial charge in [-0.05, 0) is 25.0 Å². The lowest BCUT2D eigenvalue weighted by Crippen LogP contribution is -2.15. The van der Waals surface area contributed by atoms with Crippen molar-refractivity contribution >= 4 is 23.7 Å². The monoisotopic (exact) mass is 362 g/mol. The standard InChI is InChI=1S/C15H30O2S.C4H8O2/c1-3-5-6-7-8-9-10-11-12-13-18-14(4-2)15(16)17;1-2-3-4(5)6/h14H,3-13H2,1-2H3,(H,16,17);2-3H2,1H3,(H,5,6). The number of aliphatic carboxylic acids is 2. The second-order valence-electron chi connectivity index (χ2n) is 6.08. The Morgan fingerprint density at radius 1 is 0.792 bits per heavy atom. The van der Waals surface area contributed by atoms with Gasteiger partial charge >= 0.3 is 11.9 Å². The first kappa shape index (κ1) is 25.5. The Morgan fingerprint density at radius 2 is 1.29 bits per heavy atom. The highest BCUT2D eigenvalue weighted by molar-refractivity contribution is 8.00. The van der Waals surface area contributed by atoms with Crippen LogP contribution in [0.25, 0.3) is 0 Å². The van der Waals surface area contributed by atoms with E-state index in [2.05, 4.69) is 6.92 Å². The Morgan fingerprint density at radius 3 is 1.62 bits per heavy atom. The molecule has 24 heavy (non-hydrogen) atoms.